The fourth-order valence-corrected chi connectivity index (χ4v) is 4.26. The van der Waals surface area contributed by atoms with Crippen LogP contribution in [0.3, 0.4) is 0 Å². The number of fused-ring (bicyclic) bond motifs is 2. The van der Waals surface area contributed by atoms with E-state index in [1.54, 1.807) is 11.0 Å². The molecule has 0 bridgehead atoms. The van der Waals surface area contributed by atoms with E-state index >= 15 is 0 Å². The van der Waals surface area contributed by atoms with Crippen LogP contribution in [0.5, 0.6) is 0 Å². The van der Waals surface area contributed by atoms with Gasteiger partial charge in [-0.25, -0.2) is 4.98 Å². The first-order valence-electron chi connectivity index (χ1n) is 9.99. The SMILES string of the molecule is Cc1nnc2n1CCN(C(=O)c1ccc3ccccc3n1)C2C(=O)N1CCCC1. The Kier molecular flexibility index (Phi) is 4.26. The van der Waals surface area contributed by atoms with Crippen LogP contribution in [-0.2, 0) is 11.3 Å². The van der Waals surface area contributed by atoms with Crippen molar-refractivity contribution < 1.29 is 9.59 Å². The Morgan fingerprint density at radius 1 is 0.966 bits per heavy atom. The molecule has 1 fully saturated rings. The monoisotopic (exact) mass is 390 g/mol. The second kappa shape index (κ2) is 6.95. The van der Waals surface area contributed by atoms with E-state index in [0.717, 1.165) is 42.7 Å². The number of carbonyl (C=O) groups excluding carboxylic acids is 2. The van der Waals surface area contributed by atoms with Crippen molar-refractivity contribution in [3.05, 3.63) is 53.7 Å². The summed E-state index contributed by atoms with van der Waals surface area (Å²) in [5.41, 5.74) is 1.10. The number of hydrogen-bond acceptors (Lipinski definition) is 5. The fourth-order valence-electron chi connectivity index (χ4n) is 4.26. The molecule has 0 saturated carbocycles. The molecule has 1 unspecified atom stereocenters. The topological polar surface area (TPSA) is 84.2 Å². The van der Waals surface area contributed by atoms with Crippen LogP contribution < -0.4 is 0 Å². The van der Waals surface area contributed by atoms with Gasteiger partial charge in [0.15, 0.2) is 11.9 Å². The minimum Gasteiger partial charge on any atom is -0.340 e. The summed E-state index contributed by atoms with van der Waals surface area (Å²) in [5.74, 6) is 0.972. The summed E-state index contributed by atoms with van der Waals surface area (Å²) in [4.78, 5) is 34.8. The molecule has 0 N–H and O–H groups in total. The quantitative estimate of drug-likeness (QED) is 0.668. The maximum atomic E-state index is 13.4. The van der Waals surface area contributed by atoms with Gasteiger partial charge >= 0.3 is 0 Å². The third-order valence-electron chi connectivity index (χ3n) is 5.82. The highest BCUT2D eigenvalue weighted by Crippen LogP contribution is 2.29. The zero-order chi connectivity index (χ0) is 20.0. The second-order valence-electron chi connectivity index (χ2n) is 7.58. The number of benzene rings is 1. The molecular formula is C21H22N6O2. The first-order chi connectivity index (χ1) is 14.1. The molecule has 4 heterocycles. The van der Waals surface area contributed by atoms with E-state index in [1.807, 2.05) is 46.7 Å². The first-order valence-corrected chi connectivity index (χ1v) is 9.99. The molecule has 2 aromatic heterocycles. The van der Waals surface area contributed by atoms with Gasteiger partial charge in [0.25, 0.3) is 11.8 Å². The van der Waals surface area contributed by atoms with Crippen molar-refractivity contribution in [2.75, 3.05) is 19.6 Å². The van der Waals surface area contributed by atoms with Crippen molar-refractivity contribution in [1.29, 1.82) is 0 Å². The van der Waals surface area contributed by atoms with Gasteiger partial charge in [0, 0.05) is 31.6 Å². The first kappa shape index (κ1) is 17.8. The van der Waals surface area contributed by atoms with E-state index in [9.17, 15) is 9.59 Å². The lowest BCUT2D eigenvalue weighted by Crippen LogP contribution is -2.49. The summed E-state index contributed by atoms with van der Waals surface area (Å²) in [5, 5.41) is 9.39. The van der Waals surface area contributed by atoms with Gasteiger partial charge < -0.3 is 14.4 Å². The Hall–Kier alpha value is -3.29. The third kappa shape index (κ3) is 2.95. The maximum Gasteiger partial charge on any atom is 0.273 e. The number of amides is 2. The van der Waals surface area contributed by atoms with Gasteiger partial charge in [-0.05, 0) is 31.9 Å². The van der Waals surface area contributed by atoms with Crippen LogP contribution in [0, 0.1) is 6.92 Å². The average molecular weight is 390 g/mol. The van der Waals surface area contributed by atoms with Crippen LogP contribution in [0.15, 0.2) is 36.4 Å². The molecule has 2 amide bonds. The van der Waals surface area contributed by atoms with Crippen molar-refractivity contribution in [1.82, 2.24) is 29.5 Å². The number of likely N-dealkylation sites (tertiary alicyclic amines) is 1. The van der Waals surface area contributed by atoms with Crippen LogP contribution >= 0.6 is 0 Å². The van der Waals surface area contributed by atoms with Gasteiger partial charge in [0.05, 0.1) is 5.52 Å². The van der Waals surface area contributed by atoms with Gasteiger partial charge in [0.2, 0.25) is 0 Å². The molecule has 148 valence electrons. The number of para-hydroxylation sites is 1. The van der Waals surface area contributed by atoms with Crippen molar-refractivity contribution >= 4 is 22.7 Å². The van der Waals surface area contributed by atoms with Gasteiger partial charge in [-0.3, -0.25) is 9.59 Å². The minimum atomic E-state index is -0.760. The Labute approximate surface area is 168 Å². The van der Waals surface area contributed by atoms with Crippen molar-refractivity contribution in [3.8, 4) is 0 Å². The summed E-state index contributed by atoms with van der Waals surface area (Å²) in [6.45, 7) is 4.30. The lowest BCUT2D eigenvalue weighted by atomic mass is 10.1. The van der Waals surface area contributed by atoms with E-state index in [4.69, 9.17) is 0 Å². The number of aromatic nitrogens is 4. The number of nitrogens with zero attached hydrogens (tertiary/aromatic N) is 6. The molecular weight excluding hydrogens is 368 g/mol. The molecule has 3 aromatic rings. The van der Waals surface area contributed by atoms with E-state index in [1.165, 1.54) is 0 Å². The Bertz CT molecular complexity index is 1100. The molecule has 2 aliphatic rings. The molecule has 2 aliphatic heterocycles. The molecule has 0 radical (unpaired) electrons. The fraction of sp³-hybridized carbons (Fsp3) is 0.381. The van der Waals surface area contributed by atoms with E-state index in [-0.39, 0.29) is 11.8 Å². The lowest BCUT2D eigenvalue weighted by molar-refractivity contribution is -0.136. The lowest BCUT2D eigenvalue weighted by Gasteiger charge is -2.36. The summed E-state index contributed by atoms with van der Waals surface area (Å²) < 4.78 is 1.94. The van der Waals surface area contributed by atoms with Crippen LogP contribution in [0.4, 0.5) is 0 Å². The molecule has 29 heavy (non-hydrogen) atoms. The average Bonchev–Trinajstić information content (AvgIpc) is 3.42. The highest BCUT2D eigenvalue weighted by Gasteiger charge is 2.41. The maximum absolute atomic E-state index is 13.4. The van der Waals surface area contributed by atoms with Gasteiger partial charge in [-0.2, -0.15) is 0 Å². The number of aryl methyl sites for hydroxylation is 1. The highest BCUT2D eigenvalue weighted by molar-refractivity contribution is 5.98. The van der Waals surface area contributed by atoms with E-state index < -0.39 is 6.04 Å². The molecule has 1 atom stereocenters. The summed E-state index contributed by atoms with van der Waals surface area (Å²) in [6, 6.07) is 10.5. The number of pyridine rings is 1. The molecule has 1 saturated heterocycles. The predicted molar refractivity (Wildman–Crippen MR) is 106 cm³/mol. The minimum absolute atomic E-state index is 0.0787. The zero-order valence-electron chi connectivity index (χ0n) is 16.3. The van der Waals surface area contributed by atoms with Crippen molar-refractivity contribution in [3.63, 3.8) is 0 Å². The predicted octanol–water partition coefficient (Wildman–Crippen LogP) is 1.95. The summed E-state index contributed by atoms with van der Waals surface area (Å²) in [7, 11) is 0. The molecule has 1 aromatic carbocycles. The smallest absolute Gasteiger partial charge is 0.273 e. The zero-order valence-corrected chi connectivity index (χ0v) is 16.3. The van der Waals surface area contributed by atoms with Crippen molar-refractivity contribution in [2.45, 2.75) is 32.4 Å². The van der Waals surface area contributed by atoms with Gasteiger partial charge in [0.1, 0.15) is 11.5 Å². The van der Waals surface area contributed by atoms with Crippen LogP contribution in [0.1, 0.15) is 41.0 Å². The second-order valence-corrected chi connectivity index (χ2v) is 7.58. The molecule has 5 rings (SSSR count). The van der Waals surface area contributed by atoms with E-state index in [2.05, 4.69) is 15.2 Å². The van der Waals surface area contributed by atoms with Gasteiger partial charge in [-0.15, -0.1) is 10.2 Å². The normalized spacial score (nSPS) is 18.9. The molecule has 8 nitrogen and oxygen atoms in total. The summed E-state index contributed by atoms with van der Waals surface area (Å²) in [6.07, 6.45) is 1.98. The Morgan fingerprint density at radius 3 is 2.59 bits per heavy atom. The summed E-state index contributed by atoms with van der Waals surface area (Å²) >= 11 is 0. The number of hydrogen-bond donors (Lipinski definition) is 0. The Morgan fingerprint density at radius 2 is 1.76 bits per heavy atom. The van der Waals surface area contributed by atoms with E-state index in [0.29, 0.717) is 24.6 Å². The number of carbonyl (C=O) groups is 2. The third-order valence-corrected chi connectivity index (χ3v) is 5.82. The number of rotatable bonds is 2. The Balaban J connectivity index is 1.54. The standard InChI is InChI=1S/C21H22N6O2/c1-14-23-24-19-18(21(29)25-10-4-5-11-25)27(13-12-26(14)19)20(28)17-9-8-15-6-2-3-7-16(15)22-17/h2-3,6-9,18H,4-5,10-13H2,1H3. The van der Waals surface area contributed by atoms with Gasteiger partial charge in [-0.1, -0.05) is 24.3 Å². The van der Waals surface area contributed by atoms with Crippen LogP contribution in [0.25, 0.3) is 10.9 Å². The molecule has 0 spiro atoms. The van der Waals surface area contributed by atoms with Crippen molar-refractivity contribution in [2.24, 2.45) is 0 Å². The molecule has 8 heteroatoms. The highest BCUT2D eigenvalue weighted by atomic mass is 16.2. The van der Waals surface area contributed by atoms with Crippen LogP contribution in [0.2, 0.25) is 0 Å². The largest absolute Gasteiger partial charge is 0.340 e. The van der Waals surface area contributed by atoms with Crippen LogP contribution in [-0.4, -0.2) is 61.0 Å². The molecule has 0 aliphatic carbocycles.